The van der Waals surface area contributed by atoms with Crippen LogP contribution in [0.15, 0.2) is 0 Å². The van der Waals surface area contributed by atoms with Crippen LogP contribution in [-0.4, -0.2) is 67.3 Å². The van der Waals surface area contributed by atoms with Crippen LogP contribution in [0.4, 0.5) is 4.79 Å². The Bertz CT molecular complexity index is 503. The summed E-state index contributed by atoms with van der Waals surface area (Å²) >= 11 is 1.55. The molecular weight excluding hydrogens is 344 g/mol. The fraction of sp³-hybridized carbons (Fsp3) is 0.812. The number of hydrogen-bond donors (Lipinski definition) is 3. The first-order valence-electron chi connectivity index (χ1n) is 8.71. The molecule has 2 heterocycles. The highest BCUT2D eigenvalue weighted by atomic mass is 32.2. The van der Waals surface area contributed by atoms with Gasteiger partial charge in [-0.05, 0) is 52.6 Å². The van der Waals surface area contributed by atoms with Crippen molar-refractivity contribution in [3.8, 4) is 0 Å². The van der Waals surface area contributed by atoms with E-state index in [4.69, 9.17) is 4.74 Å². The maximum Gasteiger partial charge on any atom is 0.413 e. The van der Waals surface area contributed by atoms with Gasteiger partial charge in [0.1, 0.15) is 0 Å². The van der Waals surface area contributed by atoms with Crippen LogP contribution in [0.2, 0.25) is 0 Å². The van der Waals surface area contributed by atoms with Crippen LogP contribution in [0.1, 0.15) is 26.2 Å². The van der Waals surface area contributed by atoms with E-state index in [-0.39, 0.29) is 35.9 Å². The van der Waals surface area contributed by atoms with E-state index in [1.807, 2.05) is 14.1 Å². The van der Waals surface area contributed by atoms with Crippen LogP contribution in [0.25, 0.3) is 0 Å². The minimum absolute atomic E-state index is 0.0123. The zero-order valence-corrected chi connectivity index (χ0v) is 15.9. The van der Waals surface area contributed by atoms with Crippen molar-refractivity contribution in [1.82, 2.24) is 20.9 Å². The molecule has 2 aliphatic rings. The normalized spacial score (nSPS) is 29.3. The Morgan fingerprint density at radius 2 is 2.00 bits per heavy atom. The fourth-order valence-corrected chi connectivity index (χ4v) is 4.48. The van der Waals surface area contributed by atoms with E-state index in [1.54, 1.807) is 18.7 Å². The Morgan fingerprint density at radius 3 is 2.68 bits per heavy atom. The molecule has 142 valence electrons. The minimum atomic E-state index is -0.735. The third kappa shape index (κ3) is 5.58. The molecule has 2 saturated heterocycles. The number of rotatable bonds is 5. The first-order chi connectivity index (χ1) is 11.9. The molecule has 0 spiro atoms. The molecule has 3 amide bonds. The molecule has 8 nitrogen and oxygen atoms in total. The van der Waals surface area contributed by atoms with Crippen molar-refractivity contribution in [1.29, 1.82) is 0 Å². The molecule has 3 N–H and O–H groups in total. The second-order valence-corrected chi connectivity index (χ2v) is 7.81. The SMILES string of the molecule is CCOC(=O)NC(=O)C1CCSC1NC(=O)C1CCNC(N(C)C)C1. The summed E-state index contributed by atoms with van der Waals surface area (Å²) in [6.07, 6.45) is 1.61. The monoisotopic (exact) mass is 372 g/mol. The van der Waals surface area contributed by atoms with E-state index in [1.165, 1.54) is 0 Å². The van der Waals surface area contributed by atoms with Gasteiger partial charge in [0.15, 0.2) is 0 Å². The van der Waals surface area contributed by atoms with Crippen LogP contribution >= 0.6 is 11.8 Å². The van der Waals surface area contributed by atoms with Crippen molar-refractivity contribution < 1.29 is 19.1 Å². The Kier molecular flexibility index (Phi) is 7.52. The average Bonchev–Trinajstić information content (AvgIpc) is 3.03. The molecule has 25 heavy (non-hydrogen) atoms. The van der Waals surface area contributed by atoms with E-state index >= 15 is 0 Å². The van der Waals surface area contributed by atoms with Crippen molar-refractivity contribution in [2.45, 2.75) is 37.7 Å². The number of ether oxygens (including phenoxy) is 1. The van der Waals surface area contributed by atoms with Gasteiger partial charge in [-0.25, -0.2) is 4.79 Å². The first-order valence-corrected chi connectivity index (χ1v) is 9.76. The van der Waals surface area contributed by atoms with Crippen LogP contribution in [-0.2, 0) is 14.3 Å². The number of amides is 3. The van der Waals surface area contributed by atoms with Gasteiger partial charge in [-0.2, -0.15) is 0 Å². The summed E-state index contributed by atoms with van der Waals surface area (Å²) in [4.78, 5) is 38.4. The molecule has 0 aromatic carbocycles. The van der Waals surface area contributed by atoms with Gasteiger partial charge < -0.3 is 15.4 Å². The molecule has 2 rings (SSSR count). The zero-order valence-electron chi connectivity index (χ0n) is 15.0. The number of nitrogens with one attached hydrogen (secondary N) is 3. The Labute approximate surface area is 152 Å². The van der Waals surface area contributed by atoms with E-state index < -0.39 is 12.0 Å². The summed E-state index contributed by atoms with van der Waals surface area (Å²) in [5.74, 6) is -0.0986. The second kappa shape index (κ2) is 9.40. The van der Waals surface area contributed by atoms with Crippen molar-refractivity contribution in [3.05, 3.63) is 0 Å². The third-order valence-corrected chi connectivity index (χ3v) is 5.87. The van der Waals surface area contributed by atoms with Gasteiger partial charge in [0.25, 0.3) is 0 Å². The number of piperidine rings is 1. The van der Waals surface area contributed by atoms with Crippen molar-refractivity contribution in [2.75, 3.05) is 33.0 Å². The summed E-state index contributed by atoms with van der Waals surface area (Å²) in [5, 5.41) is 8.34. The summed E-state index contributed by atoms with van der Waals surface area (Å²) in [6.45, 7) is 2.69. The van der Waals surface area contributed by atoms with E-state index in [0.717, 1.165) is 25.1 Å². The number of imide groups is 1. The quantitative estimate of drug-likeness (QED) is 0.640. The number of alkyl carbamates (subject to hydrolysis) is 1. The van der Waals surface area contributed by atoms with Crippen molar-refractivity contribution >= 4 is 29.7 Å². The van der Waals surface area contributed by atoms with Gasteiger partial charge in [-0.1, -0.05) is 0 Å². The van der Waals surface area contributed by atoms with E-state index in [0.29, 0.717) is 6.42 Å². The Balaban J connectivity index is 1.88. The first kappa shape index (κ1) is 20.0. The summed E-state index contributed by atoms with van der Waals surface area (Å²) < 4.78 is 4.74. The van der Waals surface area contributed by atoms with E-state index in [2.05, 4.69) is 20.9 Å². The second-order valence-electron chi connectivity index (χ2n) is 6.56. The number of nitrogens with zero attached hydrogens (tertiary/aromatic N) is 1. The molecule has 4 unspecified atom stereocenters. The van der Waals surface area contributed by atoms with Gasteiger partial charge in [-0.3, -0.25) is 19.8 Å². The average molecular weight is 372 g/mol. The fourth-order valence-electron chi connectivity index (χ4n) is 3.15. The highest BCUT2D eigenvalue weighted by molar-refractivity contribution is 8.00. The lowest BCUT2D eigenvalue weighted by Gasteiger charge is -2.34. The lowest BCUT2D eigenvalue weighted by atomic mass is 9.94. The molecule has 0 saturated carbocycles. The molecule has 0 aromatic rings. The number of hydrogen-bond acceptors (Lipinski definition) is 7. The van der Waals surface area contributed by atoms with Crippen LogP contribution in [0, 0.1) is 11.8 Å². The van der Waals surface area contributed by atoms with E-state index in [9.17, 15) is 14.4 Å². The molecule has 0 radical (unpaired) electrons. The van der Waals surface area contributed by atoms with Gasteiger partial charge in [0.2, 0.25) is 11.8 Å². The molecule has 2 fully saturated rings. The van der Waals surface area contributed by atoms with Crippen LogP contribution in [0.3, 0.4) is 0 Å². The zero-order chi connectivity index (χ0) is 18.4. The minimum Gasteiger partial charge on any atom is -0.450 e. The standard InChI is InChI=1S/C16H28N4O4S/c1-4-24-16(23)19-14(22)11-6-8-25-15(11)18-13(21)10-5-7-17-12(9-10)20(2)3/h10-12,15,17H,4-9H2,1-3H3,(H,18,21)(H,19,22,23). The number of thioether (sulfide) groups is 1. The molecule has 0 aromatic heterocycles. The largest absolute Gasteiger partial charge is 0.450 e. The van der Waals surface area contributed by atoms with Gasteiger partial charge >= 0.3 is 6.09 Å². The molecule has 4 atom stereocenters. The van der Waals surface area contributed by atoms with Gasteiger partial charge in [0.05, 0.1) is 24.1 Å². The number of carbonyl (C=O) groups excluding carboxylic acids is 3. The highest BCUT2D eigenvalue weighted by Crippen LogP contribution is 2.31. The lowest BCUT2D eigenvalue weighted by Crippen LogP contribution is -2.52. The molecule has 0 bridgehead atoms. The van der Waals surface area contributed by atoms with Crippen molar-refractivity contribution in [3.63, 3.8) is 0 Å². The highest BCUT2D eigenvalue weighted by Gasteiger charge is 2.37. The molecule has 0 aliphatic carbocycles. The third-order valence-electron chi connectivity index (χ3n) is 4.59. The molecular formula is C16H28N4O4S. The Hall–Kier alpha value is -1.32. The lowest BCUT2D eigenvalue weighted by molar-refractivity contribution is -0.128. The summed E-state index contributed by atoms with van der Waals surface area (Å²) in [5.41, 5.74) is 0. The molecule has 9 heteroatoms. The topological polar surface area (TPSA) is 99.8 Å². The van der Waals surface area contributed by atoms with Gasteiger partial charge in [0, 0.05) is 5.92 Å². The summed E-state index contributed by atoms with van der Waals surface area (Å²) in [7, 11) is 3.97. The Morgan fingerprint density at radius 1 is 1.24 bits per heavy atom. The maximum atomic E-state index is 12.6. The number of carbonyl (C=O) groups is 3. The smallest absolute Gasteiger partial charge is 0.413 e. The van der Waals surface area contributed by atoms with Gasteiger partial charge in [-0.15, -0.1) is 11.8 Å². The predicted octanol–water partition coefficient (Wildman–Crippen LogP) is 0.342. The van der Waals surface area contributed by atoms with Crippen molar-refractivity contribution in [2.24, 2.45) is 11.8 Å². The van der Waals surface area contributed by atoms with Crippen LogP contribution < -0.4 is 16.0 Å². The van der Waals surface area contributed by atoms with Crippen LogP contribution in [0.5, 0.6) is 0 Å². The maximum absolute atomic E-state index is 12.6. The molecule has 2 aliphatic heterocycles. The summed E-state index contributed by atoms with van der Waals surface area (Å²) in [6, 6.07) is 0. The predicted molar refractivity (Wildman–Crippen MR) is 95.9 cm³/mol.